The lowest BCUT2D eigenvalue weighted by atomic mass is 10.2. The highest BCUT2D eigenvalue weighted by atomic mass is 32.2. The zero-order valence-electron chi connectivity index (χ0n) is 13.1. The Balaban J connectivity index is 1.55. The van der Waals surface area contributed by atoms with Gasteiger partial charge in [-0.25, -0.2) is 12.7 Å². The van der Waals surface area contributed by atoms with Gasteiger partial charge in [-0.2, -0.15) is 0 Å². The summed E-state index contributed by atoms with van der Waals surface area (Å²) in [6.45, 7) is 2.13. The molecular formula is C18H18N2O3S. The number of rotatable bonds is 3. The molecule has 1 atom stereocenters. The summed E-state index contributed by atoms with van der Waals surface area (Å²) in [5.74, 6) is -0.392. The van der Waals surface area contributed by atoms with Crippen molar-refractivity contribution in [2.45, 2.75) is 23.9 Å². The number of amides is 1. The summed E-state index contributed by atoms with van der Waals surface area (Å²) in [7, 11) is -3.72. The molecule has 0 radical (unpaired) electrons. The zero-order chi connectivity index (χ0) is 16.7. The molecule has 0 spiro atoms. The predicted octanol–water partition coefficient (Wildman–Crippen LogP) is 2.11. The molecule has 2 aliphatic heterocycles. The zero-order valence-corrected chi connectivity index (χ0v) is 13.9. The summed E-state index contributed by atoms with van der Waals surface area (Å²) < 4.78 is 26.6. The molecule has 0 bridgehead atoms. The van der Waals surface area contributed by atoms with Crippen molar-refractivity contribution in [1.29, 1.82) is 0 Å². The van der Waals surface area contributed by atoms with Gasteiger partial charge in [-0.05, 0) is 24.1 Å². The van der Waals surface area contributed by atoms with Crippen LogP contribution in [0.2, 0.25) is 0 Å². The van der Waals surface area contributed by atoms with Gasteiger partial charge in [0.1, 0.15) is 4.90 Å². The normalized spacial score (nSPS) is 22.8. The van der Waals surface area contributed by atoms with Crippen LogP contribution < -0.4 is 0 Å². The van der Waals surface area contributed by atoms with Gasteiger partial charge in [0, 0.05) is 19.6 Å². The largest absolute Gasteiger partial charge is 0.297 e. The Morgan fingerprint density at radius 1 is 1.00 bits per heavy atom. The lowest BCUT2D eigenvalue weighted by Crippen LogP contribution is -2.41. The molecule has 1 fully saturated rings. The van der Waals surface area contributed by atoms with Gasteiger partial charge in [-0.3, -0.25) is 9.69 Å². The molecule has 6 heteroatoms. The predicted molar refractivity (Wildman–Crippen MR) is 89.9 cm³/mol. The van der Waals surface area contributed by atoms with E-state index >= 15 is 0 Å². The minimum atomic E-state index is -3.72. The summed E-state index contributed by atoms with van der Waals surface area (Å²) in [6.07, 6.45) is 0.672. The van der Waals surface area contributed by atoms with E-state index in [1.807, 2.05) is 18.2 Å². The van der Waals surface area contributed by atoms with Crippen molar-refractivity contribution in [3.8, 4) is 0 Å². The van der Waals surface area contributed by atoms with Gasteiger partial charge in [0.15, 0.2) is 0 Å². The number of hydrogen-bond donors (Lipinski definition) is 0. The summed E-state index contributed by atoms with van der Waals surface area (Å²) in [5.41, 5.74) is 1.48. The first kappa shape index (κ1) is 15.4. The van der Waals surface area contributed by atoms with Crippen LogP contribution in [0, 0.1) is 0 Å². The van der Waals surface area contributed by atoms with Crippen molar-refractivity contribution in [3.63, 3.8) is 0 Å². The number of hydrogen-bond acceptors (Lipinski definition) is 4. The maximum absolute atomic E-state index is 12.7. The monoisotopic (exact) mass is 342 g/mol. The van der Waals surface area contributed by atoms with E-state index < -0.39 is 15.9 Å². The van der Waals surface area contributed by atoms with Crippen LogP contribution in [0.3, 0.4) is 0 Å². The molecule has 2 aromatic carbocycles. The van der Waals surface area contributed by atoms with Crippen molar-refractivity contribution < 1.29 is 13.2 Å². The second kappa shape index (κ2) is 5.72. The minimum absolute atomic E-state index is 0.136. The number of carbonyl (C=O) groups is 1. The van der Waals surface area contributed by atoms with Crippen LogP contribution in [0.25, 0.3) is 0 Å². The summed E-state index contributed by atoms with van der Waals surface area (Å²) in [6, 6.07) is 16.2. The molecular weight excluding hydrogens is 324 g/mol. The molecule has 2 aromatic rings. The van der Waals surface area contributed by atoms with Gasteiger partial charge < -0.3 is 0 Å². The van der Waals surface area contributed by atoms with E-state index in [0.717, 1.165) is 17.4 Å². The van der Waals surface area contributed by atoms with E-state index in [1.54, 1.807) is 18.2 Å². The number of sulfonamides is 1. The summed E-state index contributed by atoms with van der Waals surface area (Å²) in [5, 5.41) is 0. The highest BCUT2D eigenvalue weighted by Crippen LogP contribution is 2.34. The van der Waals surface area contributed by atoms with Gasteiger partial charge >= 0.3 is 0 Å². The van der Waals surface area contributed by atoms with E-state index in [1.165, 1.54) is 11.6 Å². The molecule has 124 valence electrons. The lowest BCUT2D eigenvalue weighted by Gasteiger charge is -2.23. The minimum Gasteiger partial charge on any atom is -0.297 e. The second-order valence-corrected chi connectivity index (χ2v) is 8.05. The van der Waals surface area contributed by atoms with Gasteiger partial charge in [-0.1, -0.05) is 42.5 Å². The Bertz CT molecular complexity index is 880. The van der Waals surface area contributed by atoms with Crippen molar-refractivity contribution in [3.05, 3.63) is 65.7 Å². The molecule has 0 unspecified atom stereocenters. The van der Waals surface area contributed by atoms with Crippen LogP contribution in [-0.4, -0.2) is 42.7 Å². The molecule has 0 N–H and O–H groups in total. The van der Waals surface area contributed by atoms with Crippen molar-refractivity contribution in [2.75, 3.05) is 13.1 Å². The maximum atomic E-state index is 12.7. The standard InChI is InChI=1S/C18H18N2O3S/c21-18-16-8-4-5-9-17(16)24(22,23)20(18)15-10-11-19(13-15)12-14-6-2-1-3-7-14/h1-9,15H,10-13H2/t15-/m1/s1. The van der Waals surface area contributed by atoms with Gasteiger partial charge in [-0.15, -0.1) is 0 Å². The number of fused-ring (bicyclic) bond motifs is 1. The molecule has 2 heterocycles. The quantitative estimate of drug-likeness (QED) is 0.857. The lowest BCUT2D eigenvalue weighted by molar-refractivity contribution is 0.0834. The highest BCUT2D eigenvalue weighted by molar-refractivity contribution is 7.90. The highest BCUT2D eigenvalue weighted by Gasteiger charge is 2.46. The van der Waals surface area contributed by atoms with E-state index in [9.17, 15) is 13.2 Å². The molecule has 0 saturated carbocycles. The fourth-order valence-electron chi connectivity index (χ4n) is 3.55. The van der Waals surface area contributed by atoms with Crippen LogP contribution in [0.1, 0.15) is 22.3 Å². The van der Waals surface area contributed by atoms with E-state index in [0.29, 0.717) is 18.5 Å². The van der Waals surface area contributed by atoms with E-state index in [2.05, 4.69) is 17.0 Å². The van der Waals surface area contributed by atoms with Crippen LogP contribution in [-0.2, 0) is 16.6 Å². The van der Waals surface area contributed by atoms with Crippen molar-refractivity contribution in [2.24, 2.45) is 0 Å². The SMILES string of the molecule is O=C1c2ccccc2S(=O)(=O)N1[C@@H]1CCN(Cc2ccccc2)C1. The fraction of sp³-hybridized carbons (Fsp3) is 0.278. The van der Waals surface area contributed by atoms with E-state index in [4.69, 9.17) is 0 Å². The summed E-state index contributed by atoms with van der Waals surface area (Å²) >= 11 is 0. The molecule has 4 rings (SSSR count). The summed E-state index contributed by atoms with van der Waals surface area (Å²) in [4.78, 5) is 14.9. The molecule has 1 saturated heterocycles. The first-order chi connectivity index (χ1) is 11.6. The van der Waals surface area contributed by atoms with Crippen LogP contribution in [0.15, 0.2) is 59.5 Å². The number of nitrogens with zero attached hydrogens (tertiary/aromatic N) is 2. The molecule has 1 amide bonds. The molecule has 2 aliphatic rings. The first-order valence-corrected chi connectivity index (χ1v) is 9.45. The molecule has 0 aromatic heterocycles. The van der Waals surface area contributed by atoms with E-state index in [-0.39, 0.29) is 10.9 Å². The smallest absolute Gasteiger partial charge is 0.269 e. The number of benzene rings is 2. The third-order valence-corrected chi connectivity index (χ3v) is 6.58. The fourth-order valence-corrected chi connectivity index (χ4v) is 5.33. The Hall–Kier alpha value is -2.18. The second-order valence-electron chi connectivity index (χ2n) is 6.27. The van der Waals surface area contributed by atoms with Gasteiger partial charge in [0.05, 0.1) is 11.6 Å². The Labute approximate surface area is 141 Å². The van der Waals surface area contributed by atoms with Crippen LogP contribution in [0.5, 0.6) is 0 Å². The average Bonchev–Trinajstić information content (AvgIpc) is 3.10. The Kier molecular flexibility index (Phi) is 3.66. The molecule has 5 nitrogen and oxygen atoms in total. The molecule has 24 heavy (non-hydrogen) atoms. The maximum Gasteiger partial charge on any atom is 0.269 e. The van der Waals surface area contributed by atoms with Crippen molar-refractivity contribution in [1.82, 2.24) is 9.21 Å². The third kappa shape index (κ3) is 2.42. The van der Waals surface area contributed by atoms with Crippen LogP contribution in [0.4, 0.5) is 0 Å². The average molecular weight is 342 g/mol. The topological polar surface area (TPSA) is 57.7 Å². The Morgan fingerprint density at radius 2 is 1.71 bits per heavy atom. The van der Waals surface area contributed by atoms with Crippen molar-refractivity contribution >= 4 is 15.9 Å². The number of likely N-dealkylation sites (tertiary alicyclic amines) is 1. The van der Waals surface area contributed by atoms with Gasteiger partial charge in [0.25, 0.3) is 15.9 Å². The van der Waals surface area contributed by atoms with Crippen LogP contribution >= 0.6 is 0 Å². The van der Waals surface area contributed by atoms with Gasteiger partial charge in [0.2, 0.25) is 0 Å². The number of carbonyl (C=O) groups excluding carboxylic acids is 1. The molecule has 0 aliphatic carbocycles. The third-order valence-electron chi connectivity index (χ3n) is 4.68. The Morgan fingerprint density at radius 3 is 2.46 bits per heavy atom. The first-order valence-electron chi connectivity index (χ1n) is 8.01.